The molecule has 2 aromatic rings. The Morgan fingerprint density at radius 3 is 2.43 bits per heavy atom. The van der Waals surface area contributed by atoms with Crippen LogP contribution >= 0.6 is 0 Å². The van der Waals surface area contributed by atoms with Crippen molar-refractivity contribution in [2.45, 2.75) is 26.8 Å². The predicted octanol–water partition coefficient (Wildman–Crippen LogP) is 3.63. The molecule has 2 aromatic carbocycles. The van der Waals surface area contributed by atoms with Crippen LogP contribution < -0.4 is 20.1 Å². The minimum atomic E-state index is -0.843. The van der Waals surface area contributed by atoms with Gasteiger partial charge in [-0.25, -0.2) is 4.39 Å². The van der Waals surface area contributed by atoms with Crippen molar-refractivity contribution in [1.82, 2.24) is 5.32 Å². The van der Waals surface area contributed by atoms with Crippen LogP contribution in [0.1, 0.15) is 31.1 Å². The lowest BCUT2D eigenvalue weighted by atomic mass is 10.0. The molecule has 7 heteroatoms. The van der Waals surface area contributed by atoms with Gasteiger partial charge in [0.2, 0.25) is 5.91 Å². The lowest BCUT2D eigenvalue weighted by Crippen LogP contribution is -2.47. The first-order chi connectivity index (χ1) is 13.4. The Balaban J connectivity index is 2.15. The molecule has 0 aromatic heterocycles. The number of carbonyl (C=O) groups is 2. The molecule has 0 saturated heterocycles. The molecule has 0 heterocycles. The van der Waals surface area contributed by atoms with Gasteiger partial charge < -0.3 is 20.1 Å². The average molecular weight is 388 g/mol. The van der Waals surface area contributed by atoms with Gasteiger partial charge in [0.05, 0.1) is 19.3 Å². The molecule has 0 saturated carbocycles. The van der Waals surface area contributed by atoms with Crippen molar-refractivity contribution < 1.29 is 23.5 Å². The molecule has 150 valence electrons. The minimum Gasteiger partial charge on any atom is -0.493 e. The topological polar surface area (TPSA) is 76.7 Å². The lowest BCUT2D eigenvalue weighted by molar-refractivity contribution is -0.118. The highest BCUT2D eigenvalue weighted by Crippen LogP contribution is 2.30. The van der Waals surface area contributed by atoms with Crippen LogP contribution in [0.5, 0.6) is 11.5 Å². The number of amides is 2. The van der Waals surface area contributed by atoms with Crippen LogP contribution in [0.2, 0.25) is 0 Å². The summed E-state index contributed by atoms with van der Waals surface area (Å²) >= 11 is 0. The predicted molar refractivity (Wildman–Crippen MR) is 105 cm³/mol. The van der Waals surface area contributed by atoms with Gasteiger partial charge in [-0.15, -0.1) is 0 Å². The summed E-state index contributed by atoms with van der Waals surface area (Å²) in [5.74, 6) is -0.853. The van der Waals surface area contributed by atoms with Crippen LogP contribution in [-0.2, 0) is 4.79 Å². The number of halogens is 1. The molecule has 0 aliphatic carbocycles. The zero-order valence-corrected chi connectivity index (χ0v) is 16.4. The standard InChI is InChI=1S/C21H25FN2O4/c1-5-28-17-11-10-14(12-18(17)27-4)23-21(26)19(13(2)3)24-20(25)15-8-6-7-9-16(15)22/h6-13,19H,5H2,1-4H3,(H,23,26)(H,24,25)/t19-/m0/s1. The zero-order chi connectivity index (χ0) is 20.7. The number of rotatable bonds is 8. The number of anilines is 1. The molecule has 0 radical (unpaired) electrons. The first-order valence-electron chi connectivity index (χ1n) is 9.04. The van der Waals surface area contributed by atoms with Crippen molar-refractivity contribution in [3.05, 3.63) is 53.8 Å². The summed E-state index contributed by atoms with van der Waals surface area (Å²) in [7, 11) is 1.51. The second-order valence-electron chi connectivity index (χ2n) is 6.46. The fraction of sp³-hybridized carbons (Fsp3) is 0.333. The number of methoxy groups -OCH3 is 1. The molecule has 0 fully saturated rings. The maximum atomic E-state index is 13.8. The Hall–Kier alpha value is -3.09. The molecule has 0 aliphatic rings. The van der Waals surface area contributed by atoms with Crippen LogP contribution in [0.4, 0.5) is 10.1 Å². The van der Waals surface area contributed by atoms with E-state index in [9.17, 15) is 14.0 Å². The molecule has 0 bridgehead atoms. The maximum Gasteiger partial charge on any atom is 0.254 e. The zero-order valence-electron chi connectivity index (χ0n) is 16.4. The molecule has 0 unspecified atom stereocenters. The molecule has 1 atom stereocenters. The lowest BCUT2D eigenvalue weighted by Gasteiger charge is -2.22. The summed E-state index contributed by atoms with van der Waals surface area (Å²) in [6.45, 7) is 5.94. The highest BCUT2D eigenvalue weighted by Gasteiger charge is 2.26. The van der Waals surface area contributed by atoms with E-state index in [1.54, 1.807) is 38.1 Å². The molecule has 28 heavy (non-hydrogen) atoms. The van der Waals surface area contributed by atoms with E-state index in [-0.39, 0.29) is 11.5 Å². The van der Waals surface area contributed by atoms with Crippen molar-refractivity contribution in [1.29, 1.82) is 0 Å². The number of carbonyl (C=O) groups excluding carboxylic acids is 2. The molecule has 0 aliphatic heterocycles. The SMILES string of the molecule is CCOc1ccc(NC(=O)[C@@H](NC(=O)c2ccccc2F)C(C)C)cc1OC. The van der Waals surface area contributed by atoms with Crippen molar-refractivity contribution in [3.8, 4) is 11.5 Å². The fourth-order valence-corrected chi connectivity index (χ4v) is 2.64. The van der Waals surface area contributed by atoms with E-state index in [1.165, 1.54) is 25.3 Å². The number of nitrogens with one attached hydrogen (secondary N) is 2. The number of hydrogen-bond acceptors (Lipinski definition) is 4. The largest absolute Gasteiger partial charge is 0.493 e. The van der Waals surface area contributed by atoms with E-state index in [0.717, 1.165) is 0 Å². The van der Waals surface area contributed by atoms with Crippen molar-refractivity contribution in [2.24, 2.45) is 5.92 Å². The Morgan fingerprint density at radius 1 is 1.11 bits per heavy atom. The summed E-state index contributed by atoms with van der Waals surface area (Å²) in [4.78, 5) is 25.1. The van der Waals surface area contributed by atoms with E-state index >= 15 is 0 Å². The fourth-order valence-electron chi connectivity index (χ4n) is 2.64. The van der Waals surface area contributed by atoms with Gasteiger partial charge in [0.15, 0.2) is 11.5 Å². The monoisotopic (exact) mass is 388 g/mol. The summed E-state index contributed by atoms with van der Waals surface area (Å²) in [6, 6.07) is 9.81. The van der Waals surface area contributed by atoms with Crippen LogP contribution in [-0.4, -0.2) is 31.6 Å². The summed E-state index contributed by atoms with van der Waals surface area (Å²) in [5.41, 5.74) is 0.389. The van der Waals surface area contributed by atoms with Gasteiger partial charge in [0.1, 0.15) is 11.9 Å². The highest BCUT2D eigenvalue weighted by atomic mass is 19.1. The van der Waals surface area contributed by atoms with Crippen molar-refractivity contribution in [3.63, 3.8) is 0 Å². The van der Waals surface area contributed by atoms with E-state index in [4.69, 9.17) is 9.47 Å². The number of ether oxygens (including phenoxy) is 2. The summed E-state index contributed by atoms with van der Waals surface area (Å²) < 4.78 is 24.6. The molecule has 6 nitrogen and oxygen atoms in total. The second-order valence-corrected chi connectivity index (χ2v) is 6.46. The average Bonchev–Trinajstić information content (AvgIpc) is 2.67. The van der Waals surface area contributed by atoms with Crippen LogP contribution in [0.3, 0.4) is 0 Å². The molecule has 0 spiro atoms. The Kier molecular flexibility index (Phi) is 7.37. The van der Waals surface area contributed by atoms with E-state index in [1.807, 2.05) is 6.92 Å². The second kappa shape index (κ2) is 9.73. The molecule has 2 N–H and O–H groups in total. The number of benzene rings is 2. The van der Waals surface area contributed by atoms with Crippen molar-refractivity contribution >= 4 is 17.5 Å². The van der Waals surface area contributed by atoms with Crippen LogP contribution in [0.25, 0.3) is 0 Å². The van der Waals surface area contributed by atoms with Crippen LogP contribution in [0, 0.1) is 11.7 Å². The maximum absolute atomic E-state index is 13.8. The van der Waals surface area contributed by atoms with Gasteiger partial charge in [-0.05, 0) is 37.1 Å². The Bertz CT molecular complexity index is 839. The Labute approximate surface area is 164 Å². The van der Waals surface area contributed by atoms with Crippen LogP contribution in [0.15, 0.2) is 42.5 Å². The minimum absolute atomic E-state index is 0.108. The number of hydrogen-bond donors (Lipinski definition) is 2. The molecular formula is C21H25FN2O4. The smallest absolute Gasteiger partial charge is 0.254 e. The summed E-state index contributed by atoms with van der Waals surface area (Å²) in [5, 5.41) is 5.36. The van der Waals surface area contributed by atoms with Gasteiger partial charge >= 0.3 is 0 Å². The third-order valence-electron chi connectivity index (χ3n) is 4.09. The van der Waals surface area contributed by atoms with E-state index < -0.39 is 23.7 Å². The third-order valence-corrected chi connectivity index (χ3v) is 4.09. The summed E-state index contributed by atoms with van der Waals surface area (Å²) in [6.07, 6.45) is 0. The first kappa shape index (κ1) is 21.2. The quantitative estimate of drug-likeness (QED) is 0.724. The van der Waals surface area contributed by atoms with Gasteiger partial charge in [-0.1, -0.05) is 26.0 Å². The molecule has 2 amide bonds. The van der Waals surface area contributed by atoms with Crippen molar-refractivity contribution in [2.75, 3.05) is 19.0 Å². The molecular weight excluding hydrogens is 363 g/mol. The third kappa shape index (κ3) is 5.22. The van der Waals surface area contributed by atoms with Gasteiger partial charge in [-0.3, -0.25) is 9.59 Å². The molecule has 2 rings (SSSR count). The van der Waals surface area contributed by atoms with E-state index in [0.29, 0.717) is 23.8 Å². The first-order valence-corrected chi connectivity index (χ1v) is 9.04. The van der Waals surface area contributed by atoms with Gasteiger partial charge in [-0.2, -0.15) is 0 Å². The Morgan fingerprint density at radius 2 is 1.82 bits per heavy atom. The normalized spacial score (nSPS) is 11.6. The highest BCUT2D eigenvalue weighted by molar-refractivity contribution is 6.01. The van der Waals surface area contributed by atoms with E-state index in [2.05, 4.69) is 10.6 Å². The van der Waals surface area contributed by atoms with Gasteiger partial charge in [0, 0.05) is 11.8 Å². The van der Waals surface area contributed by atoms with Gasteiger partial charge in [0.25, 0.3) is 5.91 Å².